The van der Waals surface area contributed by atoms with Gasteiger partial charge < -0.3 is 24.6 Å². The predicted molar refractivity (Wildman–Crippen MR) is 145 cm³/mol. The van der Waals surface area contributed by atoms with Crippen LogP contribution in [0, 0.1) is 5.92 Å². The zero-order valence-corrected chi connectivity index (χ0v) is 23.2. The molecule has 3 atom stereocenters. The number of alkyl carbamates (subject to hydrolysis) is 1. The summed E-state index contributed by atoms with van der Waals surface area (Å²) in [6, 6.07) is 14.8. The van der Waals surface area contributed by atoms with Crippen molar-refractivity contribution in [2.24, 2.45) is 5.92 Å². The van der Waals surface area contributed by atoms with Crippen LogP contribution in [-0.4, -0.2) is 75.6 Å². The van der Waals surface area contributed by atoms with Crippen molar-refractivity contribution in [3.8, 4) is 5.75 Å². The van der Waals surface area contributed by atoms with Crippen molar-refractivity contribution < 1.29 is 32.5 Å². The zero-order valence-electron chi connectivity index (χ0n) is 22.4. The molecule has 0 spiro atoms. The fourth-order valence-corrected chi connectivity index (χ4v) is 5.99. The minimum atomic E-state index is -3.92. The molecule has 0 bridgehead atoms. The first-order chi connectivity index (χ1) is 18.2. The Morgan fingerprint density at radius 1 is 1.11 bits per heavy atom. The highest BCUT2D eigenvalue weighted by Crippen LogP contribution is 2.22. The van der Waals surface area contributed by atoms with Crippen LogP contribution in [-0.2, 0) is 25.9 Å². The number of sulfonamides is 1. The van der Waals surface area contributed by atoms with E-state index in [4.69, 9.17) is 14.2 Å². The van der Waals surface area contributed by atoms with E-state index in [1.165, 1.54) is 23.5 Å². The normalized spacial score (nSPS) is 18.0. The van der Waals surface area contributed by atoms with Crippen LogP contribution in [0.1, 0.15) is 38.7 Å². The fraction of sp³-hybridized carbons (Fsp3) is 0.536. The van der Waals surface area contributed by atoms with Gasteiger partial charge in [0.15, 0.2) is 0 Å². The summed E-state index contributed by atoms with van der Waals surface area (Å²) in [5.41, 5.74) is 0.892. The number of hydrogen-bond donors (Lipinski definition) is 2. The molecule has 2 N–H and O–H groups in total. The van der Waals surface area contributed by atoms with Crippen molar-refractivity contribution in [2.45, 2.75) is 62.7 Å². The quantitative estimate of drug-likeness (QED) is 0.416. The van der Waals surface area contributed by atoms with E-state index in [1.807, 2.05) is 44.2 Å². The summed E-state index contributed by atoms with van der Waals surface area (Å²) in [5, 5.41) is 14.1. The molecule has 1 aliphatic rings. The molecular weight excluding hydrogens is 508 g/mol. The van der Waals surface area contributed by atoms with Crippen molar-refractivity contribution in [3.05, 3.63) is 60.2 Å². The number of nitrogens with zero attached hydrogens (tertiary/aromatic N) is 1. The highest BCUT2D eigenvalue weighted by molar-refractivity contribution is 7.89. The van der Waals surface area contributed by atoms with Gasteiger partial charge >= 0.3 is 6.09 Å². The van der Waals surface area contributed by atoms with Crippen molar-refractivity contribution in [2.75, 3.05) is 33.4 Å². The summed E-state index contributed by atoms with van der Waals surface area (Å²) < 4.78 is 44.6. The monoisotopic (exact) mass is 548 g/mol. The van der Waals surface area contributed by atoms with E-state index in [9.17, 15) is 18.3 Å². The van der Waals surface area contributed by atoms with Crippen LogP contribution in [0.4, 0.5) is 4.79 Å². The lowest BCUT2D eigenvalue weighted by Gasteiger charge is -2.31. The van der Waals surface area contributed by atoms with Gasteiger partial charge in [0, 0.05) is 19.7 Å². The number of carbonyl (C=O) groups excluding carboxylic acids is 1. The highest BCUT2D eigenvalue weighted by Gasteiger charge is 2.32. The standard InChI is InChI=1S/C28H40N2O7S/c1-21(2)18-30(38(33,34)25-14-12-23(35-3)13-15-25)19-27(31)26(17-22-9-5-4-6-10-22)29-28(32)37-24-11-7-8-16-36-20-24/h4-6,9-10,12-15,21,24,26-27,31H,7-8,11,16-20H2,1-3H3,(H,29,32)/t24-,26+,27-/m1/s1. The SMILES string of the molecule is COc1ccc(S(=O)(=O)N(CC(C)C)C[C@@H](O)[C@H](Cc2ccccc2)NC(=O)O[C@@H]2CCCCOC2)cc1. The maximum absolute atomic E-state index is 13.5. The lowest BCUT2D eigenvalue weighted by molar-refractivity contribution is 0.0248. The molecule has 1 amide bonds. The molecule has 3 rings (SSSR count). The summed E-state index contributed by atoms with van der Waals surface area (Å²) in [7, 11) is -2.41. The van der Waals surface area contributed by atoms with E-state index in [-0.39, 0.29) is 30.0 Å². The lowest BCUT2D eigenvalue weighted by atomic mass is 10.0. The molecule has 0 unspecified atom stereocenters. The summed E-state index contributed by atoms with van der Waals surface area (Å²) >= 11 is 0. The number of methoxy groups -OCH3 is 1. The first-order valence-electron chi connectivity index (χ1n) is 13.1. The molecule has 210 valence electrons. The molecule has 1 heterocycles. The van der Waals surface area contributed by atoms with Gasteiger partial charge in [-0.2, -0.15) is 4.31 Å². The molecule has 1 aliphatic heterocycles. The fourth-order valence-electron chi connectivity index (χ4n) is 4.37. The number of aliphatic hydroxyl groups is 1. The molecular formula is C28H40N2O7S. The van der Waals surface area contributed by atoms with Crippen LogP contribution in [0.25, 0.3) is 0 Å². The van der Waals surface area contributed by atoms with Crippen LogP contribution in [0.2, 0.25) is 0 Å². The van der Waals surface area contributed by atoms with E-state index in [2.05, 4.69) is 5.32 Å². The third-order valence-corrected chi connectivity index (χ3v) is 8.21. The topological polar surface area (TPSA) is 114 Å². The molecule has 10 heteroatoms. The Morgan fingerprint density at radius 2 is 1.82 bits per heavy atom. The molecule has 38 heavy (non-hydrogen) atoms. The van der Waals surface area contributed by atoms with Crippen LogP contribution in [0.3, 0.4) is 0 Å². The lowest BCUT2D eigenvalue weighted by Crippen LogP contribution is -2.51. The molecule has 9 nitrogen and oxygen atoms in total. The molecule has 1 fully saturated rings. The maximum Gasteiger partial charge on any atom is 0.407 e. The van der Waals surface area contributed by atoms with Crippen LogP contribution in [0.15, 0.2) is 59.5 Å². The molecule has 0 saturated carbocycles. The third-order valence-electron chi connectivity index (χ3n) is 6.37. The van der Waals surface area contributed by atoms with Crippen LogP contribution >= 0.6 is 0 Å². The van der Waals surface area contributed by atoms with Crippen molar-refractivity contribution >= 4 is 16.1 Å². The number of carbonyl (C=O) groups is 1. The summed E-state index contributed by atoms with van der Waals surface area (Å²) in [4.78, 5) is 12.9. The number of amides is 1. The van der Waals surface area contributed by atoms with Gasteiger partial charge in [-0.3, -0.25) is 0 Å². The number of nitrogens with one attached hydrogen (secondary N) is 1. The van der Waals surface area contributed by atoms with E-state index >= 15 is 0 Å². The Bertz CT molecular complexity index is 1090. The first kappa shape index (κ1) is 29.9. The number of rotatable bonds is 12. The van der Waals surface area contributed by atoms with Gasteiger partial charge in [0.1, 0.15) is 11.9 Å². The Hall–Kier alpha value is -2.66. The van der Waals surface area contributed by atoms with Crippen LogP contribution in [0.5, 0.6) is 5.75 Å². The largest absolute Gasteiger partial charge is 0.497 e. The molecule has 0 aliphatic carbocycles. The number of ether oxygens (including phenoxy) is 3. The maximum atomic E-state index is 13.5. The predicted octanol–water partition coefficient (Wildman–Crippen LogP) is 3.61. The summed E-state index contributed by atoms with van der Waals surface area (Å²) in [6.45, 7) is 4.81. The summed E-state index contributed by atoms with van der Waals surface area (Å²) in [5.74, 6) is 0.556. The first-order valence-corrected chi connectivity index (χ1v) is 14.5. The molecule has 0 aromatic heterocycles. The van der Waals surface area contributed by atoms with E-state index in [0.29, 0.717) is 31.8 Å². The molecule has 2 aromatic rings. The second kappa shape index (κ2) is 14.5. The number of hydrogen-bond acceptors (Lipinski definition) is 7. The second-order valence-corrected chi connectivity index (χ2v) is 11.9. The number of aliphatic hydroxyl groups excluding tert-OH is 1. The van der Waals surface area contributed by atoms with Gasteiger partial charge in [0.05, 0.1) is 30.8 Å². The van der Waals surface area contributed by atoms with Crippen molar-refractivity contribution in [3.63, 3.8) is 0 Å². The minimum Gasteiger partial charge on any atom is -0.497 e. The Balaban J connectivity index is 1.79. The Labute approximate surface area is 226 Å². The highest BCUT2D eigenvalue weighted by atomic mass is 32.2. The van der Waals surface area contributed by atoms with Crippen molar-refractivity contribution in [1.82, 2.24) is 9.62 Å². The second-order valence-electron chi connectivity index (χ2n) is 10.00. The van der Waals surface area contributed by atoms with Gasteiger partial charge in [-0.05, 0) is 61.4 Å². The van der Waals surface area contributed by atoms with E-state index < -0.39 is 28.3 Å². The van der Waals surface area contributed by atoms with Crippen molar-refractivity contribution in [1.29, 1.82) is 0 Å². The Morgan fingerprint density at radius 3 is 2.47 bits per heavy atom. The summed E-state index contributed by atoms with van der Waals surface area (Å²) in [6.07, 6.45) is 0.624. The van der Waals surface area contributed by atoms with Gasteiger partial charge in [0.2, 0.25) is 10.0 Å². The molecule has 2 aromatic carbocycles. The smallest absolute Gasteiger partial charge is 0.407 e. The zero-order chi connectivity index (χ0) is 27.5. The van der Waals surface area contributed by atoms with E-state index in [0.717, 1.165) is 18.4 Å². The number of benzene rings is 2. The van der Waals surface area contributed by atoms with Gasteiger partial charge in [-0.15, -0.1) is 0 Å². The Kier molecular flexibility index (Phi) is 11.4. The van der Waals surface area contributed by atoms with Gasteiger partial charge in [-0.1, -0.05) is 44.2 Å². The average molecular weight is 549 g/mol. The minimum absolute atomic E-state index is 0.0101. The van der Waals surface area contributed by atoms with Crippen LogP contribution < -0.4 is 10.1 Å². The molecule has 1 saturated heterocycles. The van der Waals surface area contributed by atoms with Gasteiger partial charge in [0.25, 0.3) is 0 Å². The average Bonchev–Trinajstić information content (AvgIpc) is 3.16. The van der Waals surface area contributed by atoms with Gasteiger partial charge in [-0.25, -0.2) is 13.2 Å². The van der Waals surface area contributed by atoms with E-state index in [1.54, 1.807) is 12.1 Å². The third kappa shape index (κ3) is 8.97. The molecule has 0 radical (unpaired) electrons.